The first-order chi connectivity index (χ1) is 10.4. The molecule has 9 heteroatoms. The Morgan fingerprint density at radius 3 is 2.55 bits per heavy atom. The van der Waals surface area contributed by atoms with Gasteiger partial charge in [-0.3, -0.25) is 4.79 Å². The molecule has 2 fully saturated rings. The summed E-state index contributed by atoms with van der Waals surface area (Å²) in [7, 11) is -1.11. The van der Waals surface area contributed by atoms with E-state index in [4.69, 9.17) is 0 Å². The van der Waals surface area contributed by atoms with Gasteiger partial charge in [0.15, 0.2) is 15.0 Å². The van der Waals surface area contributed by atoms with Gasteiger partial charge in [-0.25, -0.2) is 8.42 Å². The van der Waals surface area contributed by atoms with Crippen molar-refractivity contribution in [3.8, 4) is 0 Å². The Labute approximate surface area is 134 Å². The molecule has 1 aromatic heterocycles. The molecule has 1 saturated carbocycles. The van der Waals surface area contributed by atoms with Crippen molar-refractivity contribution < 1.29 is 13.2 Å². The zero-order valence-electron chi connectivity index (χ0n) is 12.7. The molecule has 22 heavy (non-hydrogen) atoms. The summed E-state index contributed by atoms with van der Waals surface area (Å²) in [6.45, 7) is 1.86. The Balaban J connectivity index is 1.65. The number of aryl methyl sites for hydroxylation is 1. The molecular formula is C13H20N4O3S2. The normalized spacial score (nSPS) is 23.6. The van der Waals surface area contributed by atoms with Gasteiger partial charge in [0.2, 0.25) is 5.91 Å². The Morgan fingerprint density at radius 1 is 1.32 bits per heavy atom. The highest BCUT2D eigenvalue weighted by molar-refractivity contribution is 7.99. The van der Waals surface area contributed by atoms with Crippen LogP contribution in [0.2, 0.25) is 0 Å². The molecule has 0 N–H and O–H groups in total. The van der Waals surface area contributed by atoms with Gasteiger partial charge in [-0.2, -0.15) is 0 Å². The number of thioether (sulfide) groups is 1. The van der Waals surface area contributed by atoms with E-state index in [1.54, 1.807) is 0 Å². The van der Waals surface area contributed by atoms with Crippen LogP contribution in [0, 0.1) is 6.92 Å². The van der Waals surface area contributed by atoms with Gasteiger partial charge < -0.3 is 9.47 Å². The molecule has 0 spiro atoms. The zero-order chi connectivity index (χ0) is 15.9. The fraction of sp³-hybridized carbons (Fsp3) is 0.769. The largest absolute Gasteiger partial charge is 0.335 e. The van der Waals surface area contributed by atoms with Crippen molar-refractivity contribution in [2.75, 3.05) is 17.3 Å². The lowest BCUT2D eigenvalue weighted by atomic mass is 10.2. The first-order valence-corrected chi connectivity index (χ1v) is 10.2. The Hall–Kier alpha value is -1.09. The minimum atomic E-state index is -2.98. The first kappa shape index (κ1) is 15.8. The average molecular weight is 344 g/mol. The van der Waals surface area contributed by atoms with Crippen LogP contribution in [-0.2, 0) is 21.7 Å². The third-order valence-corrected chi connectivity index (χ3v) is 6.96. The molecule has 3 rings (SSSR count). The van der Waals surface area contributed by atoms with Gasteiger partial charge in [-0.1, -0.05) is 11.8 Å². The van der Waals surface area contributed by atoms with E-state index >= 15 is 0 Å². The van der Waals surface area contributed by atoms with Crippen LogP contribution in [-0.4, -0.2) is 63.3 Å². The molecule has 122 valence electrons. The van der Waals surface area contributed by atoms with Gasteiger partial charge in [0.25, 0.3) is 0 Å². The summed E-state index contributed by atoms with van der Waals surface area (Å²) in [4.78, 5) is 14.4. The lowest BCUT2D eigenvalue weighted by Gasteiger charge is -2.28. The molecule has 0 unspecified atom stereocenters. The summed E-state index contributed by atoms with van der Waals surface area (Å²) in [5.41, 5.74) is 0. The number of nitrogens with zero attached hydrogens (tertiary/aromatic N) is 4. The number of carbonyl (C=O) groups excluding carboxylic acids is 1. The van der Waals surface area contributed by atoms with E-state index in [9.17, 15) is 13.2 Å². The van der Waals surface area contributed by atoms with Crippen LogP contribution in [0.15, 0.2) is 5.16 Å². The van der Waals surface area contributed by atoms with Crippen molar-refractivity contribution in [1.82, 2.24) is 19.7 Å². The first-order valence-electron chi connectivity index (χ1n) is 7.38. The standard InChI is InChI=1S/C13H20N4O3S2/c1-9-14-15-13(16(9)2)21-7-12(18)17(10-3-4-10)11-5-6-22(19,20)8-11/h10-11H,3-8H2,1-2H3/t11-/m0/s1. The minimum Gasteiger partial charge on any atom is -0.335 e. The van der Waals surface area contributed by atoms with E-state index in [0.717, 1.165) is 18.7 Å². The second kappa shape index (κ2) is 5.84. The monoisotopic (exact) mass is 344 g/mol. The number of amides is 1. The molecule has 1 amide bonds. The van der Waals surface area contributed by atoms with E-state index in [2.05, 4.69) is 10.2 Å². The molecule has 2 aliphatic rings. The van der Waals surface area contributed by atoms with Crippen LogP contribution in [0.25, 0.3) is 0 Å². The lowest BCUT2D eigenvalue weighted by Crippen LogP contribution is -2.43. The SMILES string of the molecule is Cc1nnc(SCC(=O)N(C2CC2)[C@H]2CCS(=O)(=O)C2)n1C. The number of sulfone groups is 1. The quantitative estimate of drug-likeness (QED) is 0.719. The summed E-state index contributed by atoms with van der Waals surface area (Å²) >= 11 is 1.36. The summed E-state index contributed by atoms with van der Waals surface area (Å²) in [6.07, 6.45) is 2.53. The molecule has 1 aromatic rings. The Morgan fingerprint density at radius 2 is 2.05 bits per heavy atom. The van der Waals surface area contributed by atoms with E-state index in [1.807, 2.05) is 23.4 Å². The summed E-state index contributed by atoms with van der Waals surface area (Å²) in [5, 5.41) is 8.72. The topological polar surface area (TPSA) is 85.2 Å². The van der Waals surface area contributed by atoms with Crippen molar-refractivity contribution in [2.24, 2.45) is 7.05 Å². The molecule has 0 radical (unpaired) electrons. The highest BCUT2D eigenvalue weighted by Gasteiger charge is 2.41. The summed E-state index contributed by atoms with van der Waals surface area (Å²) in [6, 6.07) is 0.0828. The van der Waals surface area contributed by atoms with Gasteiger partial charge in [-0.05, 0) is 26.2 Å². The molecule has 1 saturated heterocycles. The number of hydrogen-bond donors (Lipinski definition) is 0. The summed E-state index contributed by atoms with van der Waals surface area (Å²) in [5.74, 6) is 1.40. The van der Waals surface area contributed by atoms with Crippen LogP contribution in [0.5, 0.6) is 0 Å². The summed E-state index contributed by atoms with van der Waals surface area (Å²) < 4.78 is 25.2. The van der Waals surface area contributed by atoms with Crippen molar-refractivity contribution in [3.05, 3.63) is 5.82 Å². The Bertz CT molecular complexity index is 681. The maximum atomic E-state index is 12.6. The highest BCUT2D eigenvalue weighted by Crippen LogP contribution is 2.33. The molecule has 2 heterocycles. The second-order valence-corrected chi connectivity index (χ2v) is 9.14. The third-order valence-electron chi connectivity index (χ3n) is 4.21. The molecule has 0 bridgehead atoms. The van der Waals surface area contributed by atoms with Crippen LogP contribution < -0.4 is 0 Å². The van der Waals surface area contributed by atoms with E-state index in [1.165, 1.54) is 11.8 Å². The molecule has 7 nitrogen and oxygen atoms in total. The van der Waals surface area contributed by atoms with Gasteiger partial charge in [-0.15, -0.1) is 10.2 Å². The van der Waals surface area contributed by atoms with Crippen LogP contribution >= 0.6 is 11.8 Å². The molecule has 0 aromatic carbocycles. The van der Waals surface area contributed by atoms with Crippen molar-refractivity contribution in [3.63, 3.8) is 0 Å². The van der Waals surface area contributed by atoms with Crippen LogP contribution in [0.1, 0.15) is 25.1 Å². The third kappa shape index (κ3) is 3.29. The fourth-order valence-electron chi connectivity index (χ4n) is 2.77. The highest BCUT2D eigenvalue weighted by atomic mass is 32.2. The van der Waals surface area contributed by atoms with Crippen molar-refractivity contribution in [1.29, 1.82) is 0 Å². The van der Waals surface area contributed by atoms with E-state index < -0.39 is 9.84 Å². The molecule has 1 atom stereocenters. The number of rotatable bonds is 5. The molecule has 1 aliphatic heterocycles. The zero-order valence-corrected chi connectivity index (χ0v) is 14.4. The van der Waals surface area contributed by atoms with Crippen LogP contribution in [0.4, 0.5) is 0 Å². The Kier molecular flexibility index (Phi) is 4.19. The van der Waals surface area contributed by atoms with Gasteiger partial charge in [0.05, 0.1) is 17.3 Å². The molecule has 1 aliphatic carbocycles. The van der Waals surface area contributed by atoms with Crippen LogP contribution in [0.3, 0.4) is 0 Å². The number of hydrogen-bond acceptors (Lipinski definition) is 6. The maximum absolute atomic E-state index is 12.6. The van der Waals surface area contributed by atoms with Gasteiger partial charge in [0, 0.05) is 19.1 Å². The number of aromatic nitrogens is 3. The van der Waals surface area contributed by atoms with Crippen molar-refractivity contribution >= 4 is 27.5 Å². The van der Waals surface area contributed by atoms with E-state index in [-0.39, 0.29) is 35.2 Å². The van der Waals surface area contributed by atoms with Crippen molar-refractivity contribution in [2.45, 2.75) is 43.4 Å². The predicted octanol–water partition coefficient (Wildman–Crippen LogP) is 0.394. The fourth-order valence-corrected chi connectivity index (χ4v) is 5.30. The second-order valence-electron chi connectivity index (χ2n) is 5.97. The predicted molar refractivity (Wildman–Crippen MR) is 83.4 cm³/mol. The lowest BCUT2D eigenvalue weighted by molar-refractivity contribution is -0.130. The smallest absolute Gasteiger partial charge is 0.233 e. The minimum absolute atomic E-state index is 0.00949. The number of carbonyl (C=O) groups is 1. The van der Waals surface area contributed by atoms with Gasteiger partial charge >= 0.3 is 0 Å². The average Bonchev–Trinajstić information content (AvgIpc) is 3.15. The van der Waals surface area contributed by atoms with E-state index in [0.29, 0.717) is 11.6 Å². The maximum Gasteiger partial charge on any atom is 0.233 e. The van der Waals surface area contributed by atoms with Gasteiger partial charge in [0.1, 0.15) is 5.82 Å². The molecular weight excluding hydrogens is 324 g/mol.